The van der Waals surface area contributed by atoms with Gasteiger partial charge in [-0.15, -0.1) is 0 Å². The highest BCUT2D eigenvalue weighted by Gasteiger charge is 2.34. The van der Waals surface area contributed by atoms with Crippen LogP contribution < -0.4 is 14.8 Å². The Morgan fingerprint density at radius 3 is 2.64 bits per heavy atom. The van der Waals surface area contributed by atoms with E-state index < -0.39 is 5.92 Å². The SMILES string of the molecule is COc1ccc(CNC(=O)C2CC(=O)N(Cc3ccccc3F)C2)cc1OC. The van der Waals surface area contributed by atoms with Crippen molar-refractivity contribution >= 4 is 11.8 Å². The van der Waals surface area contributed by atoms with Crippen molar-refractivity contribution in [1.82, 2.24) is 10.2 Å². The molecule has 1 heterocycles. The van der Waals surface area contributed by atoms with Crippen molar-refractivity contribution in [2.75, 3.05) is 20.8 Å². The highest BCUT2D eigenvalue weighted by atomic mass is 19.1. The summed E-state index contributed by atoms with van der Waals surface area (Å²) in [5.41, 5.74) is 1.31. The van der Waals surface area contributed by atoms with Crippen molar-refractivity contribution in [3.63, 3.8) is 0 Å². The molecule has 148 valence electrons. The number of ether oxygens (including phenoxy) is 2. The first-order valence-electron chi connectivity index (χ1n) is 9.01. The lowest BCUT2D eigenvalue weighted by Gasteiger charge is -2.17. The van der Waals surface area contributed by atoms with Gasteiger partial charge in [0.25, 0.3) is 0 Å². The van der Waals surface area contributed by atoms with Gasteiger partial charge in [0.1, 0.15) is 5.82 Å². The van der Waals surface area contributed by atoms with Crippen LogP contribution >= 0.6 is 0 Å². The van der Waals surface area contributed by atoms with Crippen molar-refractivity contribution in [2.45, 2.75) is 19.5 Å². The third-order valence-electron chi connectivity index (χ3n) is 4.82. The predicted octanol–water partition coefficient (Wildman–Crippen LogP) is 2.51. The van der Waals surface area contributed by atoms with Gasteiger partial charge in [0.05, 0.1) is 20.1 Å². The third-order valence-corrected chi connectivity index (χ3v) is 4.82. The van der Waals surface area contributed by atoms with E-state index in [2.05, 4.69) is 5.32 Å². The number of nitrogens with zero attached hydrogens (tertiary/aromatic N) is 1. The van der Waals surface area contributed by atoms with E-state index in [9.17, 15) is 14.0 Å². The zero-order valence-corrected chi connectivity index (χ0v) is 15.9. The molecule has 1 saturated heterocycles. The summed E-state index contributed by atoms with van der Waals surface area (Å²) in [6, 6.07) is 11.8. The van der Waals surface area contributed by atoms with Crippen LogP contribution in [0.1, 0.15) is 17.5 Å². The fourth-order valence-corrected chi connectivity index (χ4v) is 3.26. The molecule has 28 heavy (non-hydrogen) atoms. The Bertz CT molecular complexity index is 871. The number of rotatable bonds is 7. The number of halogens is 1. The average molecular weight is 386 g/mol. The third kappa shape index (κ3) is 4.42. The van der Waals surface area contributed by atoms with Crippen molar-refractivity contribution < 1.29 is 23.5 Å². The van der Waals surface area contributed by atoms with Gasteiger partial charge in [0, 0.05) is 31.6 Å². The molecule has 2 aromatic rings. The fraction of sp³-hybridized carbons (Fsp3) is 0.333. The summed E-state index contributed by atoms with van der Waals surface area (Å²) in [4.78, 5) is 26.2. The molecule has 0 aromatic heterocycles. The van der Waals surface area contributed by atoms with E-state index >= 15 is 0 Å². The molecular formula is C21H23FN2O4. The molecular weight excluding hydrogens is 363 g/mol. The number of amides is 2. The molecule has 0 bridgehead atoms. The lowest BCUT2D eigenvalue weighted by atomic mass is 10.1. The lowest BCUT2D eigenvalue weighted by molar-refractivity contribution is -0.129. The van der Waals surface area contributed by atoms with Crippen LogP contribution in [0.2, 0.25) is 0 Å². The molecule has 2 aromatic carbocycles. The monoisotopic (exact) mass is 386 g/mol. The molecule has 1 aliphatic heterocycles. The predicted molar refractivity (Wildman–Crippen MR) is 101 cm³/mol. The largest absolute Gasteiger partial charge is 0.493 e. The maximum Gasteiger partial charge on any atom is 0.225 e. The van der Waals surface area contributed by atoms with Gasteiger partial charge >= 0.3 is 0 Å². The highest BCUT2D eigenvalue weighted by Crippen LogP contribution is 2.27. The Hall–Kier alpha value is -3.09. The zero-order chi connectivity index (χ0) is 20.1. The number of nitrogens with one attached hydrogen (secondary N) is 1. The first kappa shape index (κ1) is 19.7. The minimum absolute atomic E-state index is 0.131. The zero-order valence-electron chi connectivity index (χ0n) is 15.9. The molecule has 1 aliphatic rings. The highest BCUT2D eigenvalue weighted by molar-refractivity contribution is 5.89. The van der Waals surface area contributed by atoms with Gasteiger partial charge in [-0.2, -0.15) is 0 Å². The van der Waals surface area contributed by atoms with E-state index in [1.165, 1.54) is 11.0 Å². The minimum atomic E-state index is -0.445. The quantitative estimate of drug-likeness (QED) is 0.794. The van der Waals surface area contributed by atoms with Gasteiger partial charge < -0.3 is 19.7 Å². The topological polar surface area (TPSA) is 67.9 Å². The summed E-state index contributed by atoms with van der Waals surface area (Å²) in [6.07, 6.45) is 0.131. The van der Waals surface area contributed by atoms with Gasteiger partial charge in [-0.1, -0.05) is 24.3 Å². The molecule has 0 radical (unpaired) electrons. The number of hydrogen-bond donors (Lipinski definition) is 1. The Morgan fingerprint density at radius 1 is 1.18 bits per heavy atom. The van der Waals surface area contributed by atoms with E-state index in [1.54, 1.807) is 44.6 Å². The Labute approximate surface area is 163 Å². The molecule has 1 unspecified atom stereocenters. The van der Waals surface area contributed by atoms with Gasteiger partial charge in [-0.3, -0.25) is 9.59 Å². The molecule has 1 fully saturated rings. The van der Waals surface area contributed by atoms with Crippen LogP contribution in [0.3, 0.4) is 0 Å². The van der Waals surface area contributed by atoms with Crippen LogP contribution in [0.5, 0.6) is 11.5 Å². The minimum Gasteiger partial charge on any atom is -0.493 e. The second kappa shape index (κ2) is 8.73. The summed E-state index contributed by atoms with van der Waals surface area (Å²) < 4.78 is 24.3. The first-order chi connectivity index (χ1) is 13.5. The van der Waals surface area contributed by atoms with Gasteiger partial charge in [-0.25, -0.2) is 4.39 Å². The second-order valence-electron chi connectivity index (χ2n) is 6.67. The van der Waals surface area contributed by atoms with E-state index in [-0.39, 0.29) is 37.1 Å². The summed E-state index contributed by atoms with van der Waals surface area (Å²) in [7, 11) is 3.11. The Kier molecular flexibility index (Phi) is 6.13. The van der Waals surface area contributed by atoms with E-state index in [1.807, 2.05) is 6.07 Å². The molecule has 3 rings (SSSR count). The molecule has 0 saturated carbocycles. The number of carbonyl (C=O) groups excluding carboxylic acids is 2. The van der Waals surface area contributed by atoms with E-state index in [4.69, 9.17) is 9.47 Å². The van der Waals surface area contributed by atoms with Crippen molar-refractivity contribution in [2.24, 2.45) is 5.92 Å². The van der Waals surface area contributed by atoms with Crippen molar-refractivity contribution in [3.05, 3.63) is 59.4 Å². The van der Waals surface area contributed by atoms with E-state index in [0.29, 0.717) is 23.6 Å². The molecule has 6 nitrogen and oxygen atoms in total. The molecule has 1 atom stereocenters. The molecule has 2 amide bonds. The van der Waals surface area contributed by atoms with Crippen LogP contribution in [0.15, 0.2) is 42.5 Å². The van der Waals surface area contributed by atoms with Gasteiger partial charge in [0.2, 0.25) is 11.8 Å². The Morgan fingerprint density at radius 2 is 1.93 bits per heavy atom. The van der Waals surface area contributed by atoms with Crippen molar-refractivity contribution in [1.29, 1.82) is 0 Å². The molecule has 1 N–H and O–H groups in total. The Balaban J connectivity index is 1.57. The van der Waals surface area contributed by atoms with Crippen molar-refractivity contribution in [3.8, 4) is 11.5 Å². The molecule has 0 spiro atoms. The summed E-state index contributed by atoms with van der Waals surface area (Å²) in [6.45, 7) is 0.771. The maximum atomic E-state index is 13.8. The fourth-order valence-electron chi connectivity index (χ4n) is 3.26. The number of methoxy groups -OCH3 is 2. The van der Waals surface area contributed by atoms with Crippen LogP contribution in [0.4, 0.5) is 4.39 Å². The molecule has 0 aliphatic carbocycles. The maximum absolute atomic E-state index is 13.8. The molecule has 7 heteroatoms. The van der Waals surface area contributed by atoms with Gasteiger partial charge in [0.15, 0.2) is 11.5 Å². The first-order valence-corrected chi connectivity index (χ1v) is 9.01. The summed E-state index contributed by atoms with van der Waals surface area (Å²) >= 11 is 0. The van der Waals surface area contributed by atoms with Crippen LogP contribution in [0.25, 0.3) is 0 Å². The van der Waals surface area contributed by atoms with Crippen LogP contribution in [-0.2, 0) is 22.7 Å². The van der Waals surface area contributed by atoms with Crippen LogP contribution in [0, 0.1) is 11.7 Å². The average Bonchev–Trinajstić information content (AvgIpc) is 3.08. The van der Waals surface area contributed by atoms with Gasteiger partial charge in [-0.05, 0) is 23.8 Å². The summed E-state index contributed by atoms with van der Waals surface area (Å²) in [5, 5.41) is 2.86. The summed E-state index contributed by atoms with van der Waals surface area (Å²) in [5.74, 6) is 0.0638. The number of benzene rings is 2. The number of hydrogen-bond acceptors (Lipinski definition) is 4. The van der Waals surface area contributed by atoms with Crippen LogP contribution in [-0.4, -0.2) is 37.5 Å². The smallest absolute Gasteiger partial charge is 0.225 e. The van der Waals surface area contributed by atoms with E-state index in [0.717, 1.165) is 5.56 Å². The lowest BCUT2D eigenvalue weighted by Crippen LogP contribution is -2.32. The number of likely N-dealkylation sites (tertiary alicyclic amines) is 1. The number of carbonyl (C=O) groups is 2. The standard InChI is InChI=1S/C21H23FN2O4/c1-27-18-8-7-14(9-19(18)28-2)11-23-21(26)16-10-20(25)24(13-16)12-15-5-3-4-6-17(15)22/h3-9,16H,10-13H2,1-2H3,(H,23,26). The normalized spacial score (nSPS) is 16.2. The second-order valence-corrected chi connectivity index (χ2v) is 6.67.